The minimum Gasteiger partial charge on any atom is -0.381 e. The first-order valence-electron chi connectivity index (χ1n) is 4.90. The number of nitrogens with one attached hydrogen (secondary N) is 1. The highest BCUT2D eigenvalue weighted by atomic mass is 16.5. The van der Waals surface area contributed by atoms with E-state index in [4.69, 9.17) is 15.3 Å². The number of amides is 1. The van der Waals surface area contributed by atoms with Crippen LogP contribution in [0.1, 0.15) is 25.7 Å². The van der Waals surface area contributed by atoms with Gasteiger partial charge in [-0.05, 0) is 25.7 Å². The third kappa shape index (κ3) is 3.61. The van der Waals surface area contributed by atoms with Crippen LogP contribution in [-0.4, -0.2) is 31.8 Å². The van der Waals surface area contributed by atoms with Crippen LogP contribution >= 0.6 is 0 Å². The van der Waals surface area contributed by atoms with Crippen LogP contribution in [0.15, 0.2) is 0 Å². The maximum Gasteiger partial charge on any atom is 0.259 e. The second-order valence-electron chi connectivity index (χ2n) is 3.52. The van der Waals surface area contributed by atoms with Crippen molar-refractivity contribution in [2.24, 2.45) is 5.84 Å². The zero-order chi connectivity index (χ0) is 10.4. The van der Waals surface area contributed by atoms with Crippen molar-refractivity contribution in [2.75, 3.05) is 13.7 Å². The van der Waals surface area contributed by atoms with E-state index >= 15 is 0 Å². The van der Waals surface area contributed by atoms with Crippen molar-refractivity contribution in [1.29, 1.82) is 0 Å². The molecule has 0 aromatic carbocycles. The molecule has 2 atom stereocenters. The molecule has 0 heterocycles. The molecular weight excluding hydrogens is 184 g/mol. The van der Waals surface area contributed by atoms with Crippen molar-refractivity contribution in [3.8, 4) is 0 Å². The molecule has 3 N–H and O–H groups in total. The Bertz CT molecular complexity index is 187. The summed E-state index contributed by atoms with van der Waals surface area (Å²) in [5, 5.41) is 0. The van der Waals surface area contributed by atoms with Gasteiger partial charge < -0.3 is 9.47 Å². The SMILES string of the molecule is COC1CCCC(OCC(=O)NN)C1. The Morgan fingerprint density at radius 3 is 2.86 bits per heavy atom. The van der Waals surface area contributed by atoms with E-state index in [0.29, 0.717) is 0 Å². The Labute approximate surface area is 83.9 Å². The molecule has 1 rings (SSSR count). The fourth-order valence-electron chi connectivity index (χ4n) is 1.70. The van der Waals surface area contributed by atoms with Crippen molar-refractivity contribution in [1.82, 2.24) is 5.43 Å². The molecule has 0 aromatic heterocycles. The number of methoxy groups -OCH3 is 1. The molecule has 2 unspecified atom stereocenters. The number of rotatable bonds is 4. The summed E-state index contributed by atoms with van der Waals surface area (Å²) in [5.41, 5.74) is 2.03. The van der Waals surface area contributed by atoms with Crippen LogP contribution in [0, 0.1) is 0 Å². The van der Waals surface area contributed by atoms with Crippen LogP contribution in [0.2, 0.25) is 0 Å². The highest BCUT2D eigenvalue weighted by Gasteiger charge is 2.22. The van der Waals surface area contributed by atoms with Gasteiger partial charge in [-0.1, -0.05) is 0 Å². The molecule has 0 aliphatic heterocycles. The molecule has 0 saturated heterocycles. The number of carbonyl (C=O) groups excluding carboxylic acids is 1. The van der Waals surface area contributed by atoms with Crippen LogP contribution in [-0.2, 0) is 14.3 Å². The summed E-state index contributed by atoms with van der Waals surface area (Å²) in [6.45, 7) is 0.0393. The van der Waals surface area contributed by atoms with Crippen LogP contribution in [0.25, 0.3) is 0 Å². The number of hydrogen-bond donors (Lipinski definition) is 2. The molecular formula is C9H18N2O3. The first-order chi connectivity index (χ1) is 6.76. The highest BCUT2D eigenvalue weighted by molar-refractivity contribution is 5.76. The lowest BCUT2D eigenvalue weighted by atomic mass is 9.95. The smallest absolute Gasteiger partial charge is 0.259 e. The molecule has 0 spiro atoms. The Morgan fingerprint density at radius 1 is 1.50 bits per heavy atom. The molecule has 1 saturated carbocycles. The van der Waals surface area contributed by atoms with Gasteiger partial charge in [0, 0.05) is 7.11 Å². The van der Waals surface area contributed by atoms with Gasteiger partial charge in [0.1, 0.15) is 6.61 Å². The van der Waals surface area contributed by atoms with Crippen LogP contribution in [0.3, 0.4) is 0 Å². The summed E-state index contributed by atoms with van der Waals surface area (Å²) in [4.78, 5) is 10.8. The summed E-state index contributed by atoms with van der Waals surface area (Å²) < 4.78 is 10.6. The molecule has 0 bridgehead atoms. The van der Waals surface area contributed by atoms with Crippen LogP contribution in [0.5, 0.6) is 0 Å². The van der Waals surface area contributed by atoms with Crippen LogP contribution in [0.4, 0.5) is 0 Å². The Morgan fingerprint density at radius 2 is 2.21 bits per heavy atom. The molecule has 5 nitrogen and oxygen atoms in total. The molecule has 1 fully saturated rings. The maximum atomic E-state index is 10.8. The van der Waals surface area contributed by atoms with Crippen LogP contribution < -0.4 is 11.3 Å². The zero-order valence-electron chi connectivity index (χ0n) is 8.49. The van der Waals surface area contributed by atoms with E-state index in [0.717, 1.165) is 25.7 Å². The fourth-order valence-corrected chi connectivity index (χ4v) is 1.70. The molecule has 14 heavy (non-hydrogen) atoms. The Hall–Kier alpha value is -0.650. The van der Waals surface area contributed by atoms with Gasteiger partial charge >= 0.3 is 0 Å². The zero-order valence-corrected chi connectivity index (χ0v) is 8.49. The van der Waals surface area contributed by atoms with E-state index in [2.05, 4.69) is 0 Å². The molecule has 82 valence electrons. The largest absolute Gasteiger partial charge is 0.381 e. The minimum absolute atomic E-state index is 0.0393. The third-order valence-corrected chi connectivity index (χ3v) is 2.52. The van der Waals surface area contributed by atoms with Crippen molar-refractivity contribution in [2.45, 2.75) is 37.9 Å². The highest BCUT2D eigenvalue weighted by Crippen LogP contribution is 2.22. The number of hydrazine groups is 1. The lowest BCUT2D eigenvalue weighted by Crippen LogP contribution is -2.36. The summed E-state index contributed by atoms with van der Waals surface area (Å²) >= 11 is 0. The van der Waals surface area contributed by atoms with E-state index < -0.39 is 0 Å². The number of carbonyl (C=O) groups is 1. The molecule has 1 aliphatic carbocycles. The second kappa shape index (κ2) is 5.95. The molecule has 5 heteroatoms. The Kier molecular flexibility index (Phi) is 4.86. The second-order valence-corrected chi connectivity index (χ2v) is 3.52. The van der Waals surface area contributed by atoms with Crippen molar-refractivity contribution >= 4 is 5.91 Å². The predicted octanol–water partition coefficient (Wildman–Crippen LogP) is -0.0495. The predicted molar refractivity (Wildman–Crippen MR) is 51.3 cm³/mol. The number of nitrogens with two attached hydrogens (primary N) is 1. The minimum atomic E-state index is -0.287. The summed E-state index contributed by atoms with van der Waals surface area (Å²) in [6.07, 6.45) is 4.44. The van der Waals surface area contributed by atoms with Crippen molar-refractivity contribution in [3.05, 3.63) is 0 Å². The molecule has 1 amide bonds. The van der Waals surface area contributed by atoms with Gasteiger partial charge in [-0.2, -0.15) is 0 Å². The molecule has 0 radical (unpaired) electrons. The summed E-state index contributed by atoms with van der Waals surface area (Å²) in [5.74, 6) is 4.65. The van der Waals surface area contributed by atoms with E-state index in [1.165, 1.54) is 0 Å². The topological polar surface area (TPSA) is 73.6 Å². The van der Waals surface area contributed by atoms with Gasteiger partial charge in [0.2, 0.25) is 0 Å². The van der Waals surface area contributed by atoms with Crippen molar-refractivity contribution < 1.29 is 14.3 Å². The standard InChI is InChI=1S/C9H18N2O3/c1-13-7-3-2-4-8(5-7)14-6-9(12)11-10/h7-8H,2-6,10H2,1H3,(H,11,12). The lowest BCUT2D eigenvalue weighted by molar-refractivity contribution is -0.129. The van der Waals surface area contributed by atoms with E-state index in [-0.39, 0.29) is 24.7 Å². The summed E-state index contributed by atoms with van der Waals surface area (Å²) in [7, 11) is 1.71. The summed E-state index contributed by atoms with van der Waals surface area (Å²) in [6, 6.07) is 0. The van der Waals surface area contributed by atoms with E-state index in [1.54, 1.807) is 7.11 Å². The van der Waals surface area contributed by atoms with E-state index in [1.807, 2.05) is 5.43 Å². The molecule has 1 aliphatic rings. The average Bonchev–Trinajstić information content (AvgIpc) is 2.26. The fraction of sp³-hybridized carbons (Fsp3) is 0.889. The normalized spacial score (nSPS) is 27.3. The van der Waals surface area contributed by atoms with Gasteiger partial charge in [-0.25, -0.2) is 5.84 Å². The van der Waals surface area contributed by atoms with Gasteiger partial charge in [0.15, 0.2) is 0 Å². The maximum absolute atomic E-state index is 10.8. The van der Waals surface area contributed by atoms with E-state index in [9.17, 15) is 4.79 Å². The average molecular weight is 202 g/mol. The number of hydrogen-bond acceptors (Lipinski definition) is 4. The molecule has 0 aromatic rings. The monoisotopic (exact) mass is 202 g/mol. The van der Waals surface area contributed by atoms with Gasteiger partial charge in [-0.15, -0.1) is 0 Å². The first kappa shape index (κ1) is 11.4. The number of ether oxygens (including phenoxy) is 2. The Balaban J connectivity index is 2.20. The quantitative estimate of drug-likeness (QED) is 0.381. The van der Waals surface area contributed by atoms with Gasteiger partial charge in [-0.3, -0.25) is 10.2 Å². The first-order valence-corrected chi connectivity index (χ1v) is 4.90. The third-order valence-electron chi connectivity index (χ3n) is 2.52. The lowest BCUT2D eigenvalue weighted by Gasteiger charge is -2.27. The van der Waals surface area contributed by atoms with Gasteiger partial charge in [0.05, 0.1) is 12.2 Å². The van der Waals surface area contributed by atoms with Gasteiger partial charge in [0.25, 0.3) is 5.91 Å². The van der Waals surface area contributed by atoms with Crippen molar-refractivity contribution in [3.63, 3.8) is 0 Å².